The molecule has 0 aliphatic carbocycles. The topological polar surface area (TPSA) is 9.23 Å². The van der Waals surface area contributed by atoms with E-state index in [0.717, 1.165) is 25.2 Å². The maximum Gasteiger partial charge on any atom is 0.130 e. The second kappa shape index (κ2) is 5.20. The molecule has 1 nitrogen and oxygen atoms in total. The molecule has 0 unspecified atom stereocenters. The molecule has 0 aromatic heterocycles. The van der Waals surface area contributed by atoms with Gasteiger partial charge >= 0.3 is 0 Å². The van der Waals surface area contributed by atoms with E-state index in [4.69, 9.17) is 4.74 Å². The third-order valence-electron chi connectivity index (χ3n) is 2.48. The largest absolute Gasteiger partial charge is 0.493 e. The molecule has 0 amide bonds. The van der Waals surface area contributed by atoms with E-state index >= 15 is 0 Å². The summed E-state index contributed by atoms with van der Waals surface area (Å²) in [6.45, 7) is 7.63. The van der Waals surface area contributed by atoms with E-state index in [1.165, 1.54) is 10.5 Å². The molecule has 1 heterocycles. The molecule has 0 saturated carbocycles. The lowest BCUT2D eigenvalue weighted by Crippen LogP contribution is -2.15. The predicted octanol–water partition coefficient (Wildman–Crippen LogP) is 3.94. The summed E-state index contributed by atoms with van der Waals surface area (Å²) < 4.78 is 5.66. The monoisotopic (exact) mass is 262 g/mol. The third-order valence-corrected chi connectivity index (χ3v) is 4.23. The highest BCUT2D eigenvalue weighted by molar-refractivity contribution is 8.04. The van der Waals surface area contributed by atoms with E-state index < -0.39 is 8.07 Å². The number of hydrogen-bond acceptors (Lipinski definition) is 2. The molecular weight excluding hydrogens is 244 g/mol. The summed E-state index contributed by atoms with van der Waals surface area (Å²) in [5.41, 5.74) is 4.69. The summed E-state index contributed by atoms with van der Waals surface area (Å²) >= 11 is 1.61. The van der Waals surface area contributed by atoms with Gasteiger partial charge in [-0.2, -0.15) is 0 Å². The molecule has 0 radical (unpaired) electrons. The Balaban J connectivity index is 2.09. The lowest BCUT2D eigenvalue weighted by molar-refractivity contribution is 0.287. The van der Waals surface area contributed by atoms with Crippen molar-refractivity contribution in [1.82, 2.24) is 0 Å². The summed E-state index contributed by atoms with van der Waals surface area (Å²) in [5.74, 6) is 1.05. The van der Waals surface area contributed by atoms with Gasteiger partial charge in [-0.15, -0.1) is 5.54 Å². The van der Waals surface area contributed by atoms with Crippen LogP contribution in [0.4, 0.5) is 0 Å². The molecule has 0 fully saturated rings. The number of aryl methyl sites for hydroxylation is 1. The first-order valence-electron chi connectivity index (χ1n) is 5.99. The molecule has 0 spiro atoms. The average Bonchev–Trinajstić information content (AvgIpc) is 2.27. The van der Waals surface area contributed by atoms with Gasteiger partial charge in [0.2, 0.25) is 0 Å². The number of fused-ring (bicyclic) bond motifs is 1. The van der Waals surface area contributed by atoms with Gasteiger partial charge in [0, 0.05) is 4.90 Å². The lowest BCUT2D eigenvalue weighted by atomic mass is 10.1. The Hall–Kier alpha value is -0.853. The van der Waals surface area contributed by atoms with Crippen LogP contribution < -0.4 is 4.74 Å². The molecule has 3 heteroatoms. The molecule has 1 aliphatic heterocycles. The molecule has 90 valence electrons. The van der Waals surface area contributed by atoms with Gasteiger partial charge in [-0.25, -0.2) is 0 Å². The summed E-state index contributed by atoms with van der Waals surface area (Å²) in [6.07, 6.45) is 2.27. The standard InChI is InChI=1S/C14H18OSSi/c1-17(2,3)10-9-16-13-7-6-12-5-4-8-15-14(12)11-13/h6-7,11H,4-5,8H2,1-3H3. The minimum absolute atomic E-state index is 0.849. The van der Waals surface area contributed by atoms with E-state index in [2.05, 4.69) is 48.6 Å². The van der Waals surface area contributed by atoms with Crippen molar-refractivity contribution in [2.24, 2.45) is 0 Å². The first-order chi connectivity index (χ1) is 8.04. The number of thioether (sulfide) groups is 1. The fraction of sp³-hybridized carbons (Fsp3) is 0.429. The van der Waals surface area contributed by atoms with Crippen LogP contribution >= 0.6 is 11.8 Å². The van der Waals surface area contributed by atoms with Crippen LogP contribution in [0.15, 0.2) is 23.1 Å². The van der Waals surface area contributed by atoms with Crippen molar-refractivity contribution in [3.8, 4) is 16.5 Å². The quantitative estimate of drug-likeness (QED) is 0.431. The Morgan fingerprint density at radius 2 is 2.12 bits per heavy atom. The number of rotatable bonds is 1. The van der Waals surface area contributed by atoms with Crippen LogP contribution in [0.3, 0.4) is 0 Å². The Bertz CT molecular complexity index is 465. The second-order valence-electron chi connectivity index (χ2n) is 5.30. The zero-order valence-corrected chi connectivity index (χ0v) is 12.5. The fourth-order valence-corrected chi connectivity index (χ4v) is 3.47. The first-order valence-corrected chi connectivity index (χ1v) is 10.3. The van der Waals surface area contributed by atoms with Gasteiger partial charge in [0.1, 0.15) is 13.8 Å². The van der Waals surface area contributed by atoms with E-state index in [1.54, 1.807) is 11.8 Å². The van der Waals surface area contributed by atoms with Crippen molar-refractivity contribution in [3.05, 3.63) is 23.8 Å². The van der Waals surface area contributed by atoms with Crippen molar-refractivity contribution >= 4 is 19.8 Å². The maximum absolute atomic E-state index is 5.66. The minimum atomic E-state index is -1.25. The summed E-state index contributed by atoms with van der Waals surface area (Å²) in [5, 5.41) is 3.22. The molecule has 1 aromatic rings. The van der Waals surface area contributed by atoms with Crippen LogP contribution in [0.25, 0.3) is 0 Å². The number of hydrogen-bond donors (Lipinski definition) is 0. The number of benzene rings is 1. The molecule has 1 aliphatic rings. The highest BCUT2D eigenvalue weighted by Gasteiger charge is 2.11. The van der Waals surface area contributed by atoms with Crippen molar-refractivity contribution in [1.29, 1.82) is 0 Å². The van der Waals surface area contributed by atoms with Gasteiger partial charge in [0.15, 0.2) is 0 Å². The van der Waals surface area contributed by atoms with Gasteiger partial charge in [0.05, 0.1) is 6.61 Å². The SMILES string of the molecule is C[Si](C)(C)C#CSc1ccc2c(c1)OCCC2. The molecule has 1 aromatic carbocycles. The zero-order chi connectivity index (χ0) is 12.3. The van der Waals surface area contributed by atoms with Crippen LogP contribution in [-0.4, -0.2) is 14.7 Å². The highest BCUT2D eigenvalue weighted by atomic mass is 32.2. The average molecular weight is 262 g/mol. The van der Waals surface area contributed by atoms with Crippen LogP contribution in [-0.2, 0) is 6.42 Å². The van der Waals surface area contributed by atoms with Crippen LogP contribution in [0, 0.1) is 10.8 Å². The normalized spacial score (nSPS) is 14.3. The second-order valence-corrected chi connectivity index (χ2v) is 10.9. The molecule has 0 N–H and O–H groups in total. The Kier molecular flexibility index (Phi) is 3.85. The van der Waals surface area contributed by atoms with Gasteiger partial charge in [0.25, 0.3) is 0 Å². The molecular formula is C14H18OSSi. The fourth-order valence-electron chi connectivity index (χ4n) is 1.62. The highest BCUT2D eigenvalue weighted by Crippen LogP contribution is 2.29. The summed E-state index contributed by atoms with van der Waals surface area (Å²) in [4.78, 5) is 1.19. The molecule has 0 saturated heterocycles. The summed E-state index contributed by atoms with van der Waals surface area (Å²) in [6, 6.07) is 6.45. The van der Waals surface area contributed by atoms with Gasteiger partial charge in [-0.05, 0) is 47.6 Å². The van der Waals surface area contributed by atoms with E-state index in [9.17, 15) is 0 Å². The van der Waals surface area contributed by atoms with Gasteiger partial charge in [-0.3, -0.25) is 0 Å². The van der Waals surface area contributed by atoms with Crippen LogP contribution in [0.2, 0.25) is 19.6 Å². The van der Waals surface area contributed by atoms with E-state index in [0.29, 0.717) is 0 Å². The van der Waals surface area contributed by atoms with Crippen molar-refractivity contribution in [2.75, 3.05) is 6.61 Å². The first kappa shape index (κ1) is 12.6. The molecule has 0 atom stereocenters. The van der Waals surface area contributed by atoms with E-state index in [1.807, 2.05) is 0 Å². The smallest absolute Gasteiger partial charge is 0.130 e. The van der Waals surface area contributed by atoms with E-state index in [-0.39, 0.29) is 0 Å². The number of ether oxygens (including phenoxy) is 1. The van der Waals surface area contributed by atoms with Crippen molar-refractivity contribution < 1.29 is 4.74 Å². The Morgan fingerprint density at radius 1 is 1.29 bits per heavy atom. The van der Waals surface area contributed by atoms with Gasteiger partial charge in [-0.1, -0.05) is 25.7 Å². The zero-order valence-electron chi connectivity index (χ0n) is 10.7. The van der Waals surface area contributed by atoms with Crippen molar-refractivity contribution in [2.45, 2.75) is 37.4 Å². The Labute approximate surface area is 109 Å². The lowest BCUT2D eigenvalue weighted by Gasteiger charge is -2.17. The predicted molar refractivity (Wildman–Crippen MR) is 77.2 cm³/mol. The molecule has 17 heavy (non-hydrogen) atoms. The van der Waals surface area contributed by atoms with Crippen LogP contribution in [0.5, 0.6) is 5.75 Å². The van der Waals surface area contributed by atoms with Gasteiger partial charge < -0.3 is 4.74 Å². The summed E-state index contributed by atoms with van der Waals surface area (Å²) in [7, 11) is -1.25. The minimum Gasteiger partial charge on any atom is -0.493 e. The Morgan fingerprint density at radius 3 is 2.88 bits per heavy atom. The maximum atomic E-state index is 5.66. The molecule has 0 bridgehead atoms. The third kappa shape index (κ3) is 3.83. The van der Waals surface area contributed by atoms with Crippen molar-refractivity contribution in [3.63, 3.8) is 0 Å². The molecule has 2 rings (SSSR count). The van der Waals surface area contributed by atoms with Crippen LogP contribution in [0.1, 0.15) is 12.0 Å².